The highest BCUT2D eigenvalue weighted by atomic mass is 32.2. The summed E-state index contributed by atoms with van der Waals surface area (Å²) in [6, 6.07) is 12.0. The zero-order valence-electron chi connectivity index (χ0n) is 23.8. The number of hydrogen-bond acceptors (Lipinski definition) is 9. The summed E-state index contributed by atoms with van der Waals surface area (Å²) in [5.41, 5.74) is 1.14. The Labute approximate surface area is 245 Å². The molecule has 1 amide bonds. The fraction of sp³-hybridized carbons (Fsp3) is 0.517. The van der Waals surface area contributed by atoms with Gasteiger partial charge in [0, 0.05) is 44.8 Å². The van der Waals surface area contributed by atoms with E-state index in [0.29, 0.717) is 42.7 Å². The number of carbonyl (C=O) groups excluding carboxylic acids is 1. The van der Waals surface area contributed by atoms with Gasteiger partial charge in [-0.05, 0) is 63.6 Å². The Morgan fingerprint density at radius 1 is 1.10 bits per heavy atom. The van der Waals surface area contributed by atoms with Gasteiger partial charge in [-0.25, -0.2) is 13.4 Å². The zero-order valence-corrected chi connectivity index (χ0v) is 25.5. The van der Waals surface area contributed by atoms with Crippen molar-refractivity contribution in [2.24, 2.45) is 0 Å². The number of anilines is 1. The Hall–Kier alpha value is -2.61. The highest BCUT2D eigenvalue weighted by Crippen LogP contribution is 2.35. The molecule has 0 spiro atoms. The number of sulfonamides is 1. The third kappa shape index (κ3) is 6.90. The minimum Gasteiger partial charge on any atom is -0.492 e. The summed E-state index contributed by atoms with van der Waals surface area (Å²) in [7, 11) is -3.71. The topological polar surface area (TPSA) is 102 Å². The van der Waals surface area contributed by atoms with E-state index < -0.39 is 10.0 Å². The largest absolute Gasteiger partial charge is 0.492 e. The highest BCUT2D eigenvalue weighted by Gasteiger charge is 2.32. The van der Waals surface area contributed by atoms with Gasteiger partial charge in [-0.1, -0.05) is 17.4 Å². The van der Waals surface area contributed by atoms with Crippen molar-refractivity contribution in [3.05, 3.63) is 48.0 Å². The Kier molecular flexibility index (Phi) is 9.57. The zero-order chi connectivity index (χ0) is 29.0. The number of morpholine rings is 2. The summed E-state index contributed by atoms with van der Waals surface area (Å²) in [5, 5.41) is 0.590. The first-order chi connectivity index (χ1) is 19.8. The summed E-state index contributed by atoms with van der Waals surface area (Å²) < 4.78 is 46.0. The predicted octanol–water partition coefficient (Wildman–Crippen LogP) is 3.86. The van der Waals surface area contributed by atoms with Crippen LogP contribution in [0.15, 0.2) is 47.4 Å². The van der Waals surface area contributed by atoms with Crippen molar-refractivity contribution >= 4 is 42.6 Å². The molecule has 2 fully saturated rings. The van der Waals surface area contributed by atoms with E-state index >= 15 is 0 Å². The van der Waals surface area contributed by atoms with Crippen LogP contribution in [0.2, 0.25) is 0 Å². The van der Waals surface area contributed by atoms with Crippen molar-refractivity contribution in [1.82, 2.24) is 14.2 Å². The summed E-state index contributed by atoms with van der Waals surface area (Å²) in [5.74, 6) is 0.469. The van der Waals surface area contributed by atoms with Crippen LogP contribution in [0.5, 0.6) is 5.75 Å². The number of rotatable bonds is 10. The van der Waals surface area contributed by atoms with E-state index in [-0.39, 0.29) is 23.0 Å². The number of hydrogen-bond donors (Lipinski definition) is 0. The molecule has 0 saturated carbocycles. The Morgan fingerprint density at radius 3 is 2.49 bits per heavy atom. The quantitative estimate of drug-likeness (QED) is 0.345. The van der Waals surface area contributed by atoms with Crippen LogP contribution in [-0.4, -0.2) is 99.8 Å². The summed E-state index contributed by atoms with van der Waals surface area (Å²) in [4.78, 5) is 22.9. The van der Waals surface area contributed by atoms with Crippen molar-refractivity contribution in [1.29, 1.82) is 0 Å². The molecule has 12 heteroatoms. The van der Waals surface area contributed by atoms with Gasteiger partial charge in [0.2, 0.25) is 10.0 Å². The number of carbonyl (C=O) groups is 1. The normalized spacial score (nSPS) is 20.8. The number of benzene rings is 2. The second-order valence-electron chi connectivity index (χ2n) is 10.4. The SMILES string of the molecule is CCOc1cccc2sc(N(CCCN3CCOCC3)C(=O)c3ccc(S(=O)(=O)N4CC(C)OC(C)C4)cc3)nc12. The number of nitrogens with zero attached hydrogens (tertiary/aromatic N) is 4. The molecule has 3 heterocycles. The number of amides is 1. The van der Waals surface area contributed by atoms with Gasteiger partial charge in [-0.2, -0.15) is 4.31 Å². The average molecular weight is 603 g/mol. The molecule has 3 aromatic rings. The lowest BCUT2D eigenvalue weighted by molar-refractivity contribution is -0.0440. The smallest absolute Gasteiger partial charge is 0.260 e. The highest BCUT2D eigenvalue weighted by molar-refractivity contribution is 7.89. The molecule has 2 aromatic carbocycles. The van der Waals surface area contributed by atoms with Gasteiger partial charge in [0.05, 0.1) is 41.6 Å². The number of ether oxygens (including phenoxy) is 3. The lowest BCUT2D eigenvalue weighted by Gasteiger charge is -2.34. The molecule has 2 atom stereocenters. The lowest BCUT2D eigenvalue weighted by Crippen LogP contribution is -2.48. The van der Waals surface area contributed by atoms with Crippen LogP contribution in [0.4, 0.5) is 5.13 Å². The van der Waals surface area contributed by atoms with Crippen LogP contribution in [0.3, 0.4) is 0 Å². The number of thiazole rings is 1. The van der Waals surface area contributed by atoms with Crippen LogP contribution < -0.4 is 9.64 Å². The molecular weight excluding hydrogens is 564 g/mol. The van der Waals surface area contributed by atoms with Crippen LogP contribution in [-0.2, 0) is 19.5 Å². The lowest BCUT2D eigenvalue weighted by atomic mass is 10.2. The molecule has 2 unspecified atom stereocenters. The van der Waals surface area contributed by atoms with E-state index in [1.165, 1.54) is 27.8 Å². The van der Waals surface area contributed by atoms with Crippen LogP contribution in [0, 0.1) is 0 Å². The van der Waals surface area contributed by atoms with Crippen LogP contribution >= 0.6 is 11.3 Å². The number of para-hydroxylation sites is 1. The minimum absolute atomic E-state index is 0.163. The molecule has 2 saturated heterocycles. The van der Waals surface area contributed by atoms with Crippen molar-refractivity contribution in [2.75, 3.05) is 64.0 Å². The van der Waals surface area contributed by atoms with E-state index in [9.17, 15) is 13.2 Å². The summed E-state index contributed by atoms with van der Waals surface area (Å²) in [6.07, 6.45) is 0.398. The predicted molar refractivity (Wildman–Crippen MR) is 160 cm³/mol. The Bertz CT molecular complexity index is 1430. The number of aromatic nitrogens is 1. The van der Waals surface area contributed by atoms with Gasteiger partial charge >= 0.3 is 0 Å². The van der Waals surface area contributed by atoms with Gasteiger partial charge in [0.25, 0.3) is 5.91 Å². The van der Waals surface area contributed by atoms with E-state index in [1.54, 1.807) is 17.0 Å². The molecule has 0 aliphatic carbocycles. The third-order valence-electron chi connectivity index (χ3n) is 7.23. The van der Waals surface area contributed by atoms with E-state index in [4.69, 9.17) is 19.2 Å². The van der Waals surface area contributed by atoms with E-state index in [1.807, 2.05) is 39.0 Å². The molecule has 2 aliphatic heterocycles. The van der Waals surface area contributed by atoms with Crippen LogP contribution in [0.25, 0.3) is 10.2 Å². The molecule has 222 valence electrons. The fourth-order valence-corrected chi connectivity index (χ4v) is 7.86. The molecule has 10 nitrogen and oxygen atoms in total. The molecule has 41 heavy (non-hydrogen) atoms. The maximum absolute atomic E-state index is 13.9. The minimum atomic E-state index is -3.71. The van der Waals surface area contributed by atoms with Gasteiger partial charge in [-0.15, -0.1) is 0 Å². The van der Waals surface area contributed by atoms with E-state index in [0.717, 1.165) is 49.5 Å². The molecule has 1 aromatic heterocycles. The molecule has 2 aliphatic rings. The first kappa shape index (κ1) is 29.9. The van der Waals surface area contributed by atoms with Gasteiger partial charge < -0.3 is 14.2 Å². The summed E-state index contributed by atoms with van der Waals surface area (Å²) >= 11 is 1.45. The molecule has 0 bridgehead atoms. The van der Waals surface area contributed by atoms with Gasteiger partial charge in [0.15, 0.2) is 5.13 Å². The van der Waals surface area contributed by atoms with Crippen LogP contribution in [0.1, 0.15) is 37.6 Å². The van der Waals surface area contributed by atoms with Crippen molar-refractivity contribution < 1.29 is 27.4 Å². The maximum atomic E-state index is 13.9. The van der Waals surface area contributed by atoms with Gasteiger partial charge in [-0.3, -0.25) is 14.6 Å². The first-order valence-corrected chi connectivity index (χ1v) is 16.4. The number of fused-ring (bicyclic) bond motifs is 1. The summed E-state index contributed by atoms with van der Waals surface area (Å²) in [6.45, 7) is 11.3. The van der Waals surface area contributed by atoms with Crippen molar-refractivity contribution in [3.8, 4) is 5.75 Å². The first-order valence-electron chi connectivity index (χ1n) is 14.2. The third-order valence-corrected chi connectivity index (χ3v) is 10.1. The second-order valence-corrected chi connectivity index (χ2v) is 13.3. The van der Waals surface area contributed by atoms with Crippen molar-refractivity contribution in [3.63, 3.8) is 0 Å². The van der Waals surface area contributed by atoms with Gasteiger partial charge in [0.1, 0.15) is 11.3 Å². The molecular formula is C29H38N4O6S2. The molecule has 0 N–H and O–H groups in total. The van der Waals surface area contributed by atoms with E-state index in [2.05, 4.69) is 4.90 Å². The Balaban J connectivity index is 1.39. The average Bonchev–Trinajstić information content (AvgIpc) is 3.40. The second kappa shape index (κ2) is 13.1. The monoisotopic (exact) mass is 602 g/mol. The molecule has 5 rings (SSSR count). The standard InChI is InChI=1S/C29H38N4O6S2/c1-4-38-25-7-5-8-26-27(25)30-29(40-26)33(14-6-13-31-15-17-37-18-16-31)28(34)23-9-11-24(12-10-23)41(35,36)32-19-21(2)39-22(3)20-32/h5,7-12,21-22H,4,6,13-20H2,1-3H3. The fourth-order valence-electron chi connectivity index (χ4n) is 5.26. The van der Waals surface area contributed by atoms with Crippen molar-refractivity contribution in [2.45, 2.75) is 44.3 Å². The maximum Gasteiger partial charge on any atom is 0.260 e. The molecule has 0 radical (unpaired) electrons. The Morgan fingerprint density at radius 2 is 1.80 bits per heavy atom.